The molecular weight excluding hydrogens is 282 g/mol. The van der Waals surface area contributed by atoms with E-state index < -0.39 is 0 Å². The molecule has 1 aromatic carbocycles. The molecule has 0 saturated heterocycles. The highest BCUT2D eigenvalue weighted by atomic mass is 16.2. The highest BCUT2D eigenvalue weighted by Gasteiger charge is 2.11. The van der Waals surface area contributed by atoms with Crippen molar-refractivity contribution < 1.29 is 4.79 Å². The normalized spacial score (nSPS) is 10.2. The molecule has 0 aliphatic carbocycles. The van der Waals surface area contributed by atoms with E-state index in [0.717, 1.165) is 0 Å². The van der Waals surface area contributed by atoms with E-state index in [1.54, 1.807) is 47.6 Å². The van der Waals surface area contributed by atoms with E-state index >= 15 is 0 Å². The summed E-state index contributed by atoms with van der Waals surface area (Å²) >= 11 is 0. The molecule has 8 heteroatoms. The van der Waals surface area contributed by atoms with E-state index in [1.165, 1.54) is 6.33 Å². The monoisotopic (exact) mass is 295 g/mol. The topological polar surface area (TPSA) is 111 Å². The number of anilines is 2. The number of hydrogen-bond acceptors (Lipinski definition) is 6. The Morgan fingerprint density at radius 2 is 2.00 bits per heavy atom. The van der Waals surface area contributed by atoms with Crippen LogP contribution in [0.4, 0.5) is 11.5 Å². The maximum Gasteiger partial charge on any atom is 0.269 e. The van der Waals surface area contributed by atoms with Crippen LogP contribution in [-0.2, 0) is 0 Å². The van der Waals surface area contributed by atoms with Crippen molar-refractivity contribution in [2.24, 2.45) is 0 Å². The number of amides is 1. The molecule has 0 fully saturated rings. The molecule has 0 atom stereocenters. The Morgan fingerprint density at radius 3 is 2.73 bits per heavy atom. The average Bonchev–Trinajstić information content (AvgIpc) is 3.08. The van der Waals surface area contributed by atoms with Crippen LogP contribution >= 0.6 is 0 Å². The average molecular weight is 295 g/mol. The van der Waals surface area contributed by atoms with Crippen molar-refractivity contribution in [3.63, 3.8) is 0 Å². The maximum atomic E-state index is 12.0. The predicted octanol–water partition coefficient (Wildman–Crippen LogP) is 1.00. The van der Waals surface area contributed by atoms with Gasteiger partial charge in [-0.25, -0.2) is 15.0 Å². The van der Waals surface area contributed by atoms with E-state index in [-0.39, 0.29) is 5.91 Å². The Hall–Kier alpha value is -3.42. The minimum Gasteiger partial charge on any atom is -0.393 e. The predicted molar refractivity (Wildman–Crippen MR) is 81.1 cm³/mol. The van der Waals surface area contributed by atoms with E-state index in [2.05, 4.69) is 25.8 Å². The number of nitrogens with one attached hydrogen (secondary N) is 2. The minimum absolute atomic E-state index is 0.289. The van der Waals surface area contributed by atoms with Crippen LogP contribution in [0.2, 0.25) is 0 Å². The summed E-state index contributed by atoms with van der Waals surface area (Å²) < 4.78 is 1.65. The number of nitrogen functional groups attached to an aromatic ring is 1. The summed E-state index contributed by atoms with van der Waals surface area (Å²) in [5, 5.41) is 0. The SMILES string of the molecule is Nc1c(NNC(=O)c2ccccc2)ncnc1-n1ccnc1. The summed E-state index contributed by atoms with van der Waals surface area (Å²) in [7, 11) is 0. The molecule has 0 spiro atoms. The van der Waals surface area contributed by atoms with Gasteiger partial charge in [-0.3, -0.25) is 20.2 Å². The van der Waals surface area contributed by atoms with Crippen molar-refractivity contribution in [2.45, 2.75) is 0 Å². The minimum atomic E-state index is -0.289. The fourth-order valence-electron chi connectivity index (χ4n) is 1.85. The molecule has 0 aliphatic rings. The number of aromatic nitrogens is 4. The van der Waals surface area contributed by atoms with Crippen LogP contribution in [0.5, 0.6) is 0 Å². The smallest absolute Gasteiger partial charge is 0.269 e. The summed E-state index contributed by atoms with van der Waals surface area (Å²) in [5.74, 6) is 0.495. The lowest BCUT2D eigenvalue weighted by Gasteiger charge is -2.12. The third-order valence-electron chi connectivity index (χ3n) is 2.94. The van der Waals surface area contributed by atoms with Crippen LogP contribution in [0.15, 0.2) is 55.4 Å². The second-order valence-corrected chi connectivity index (χ2v) is 4.37. The van der Waals surface area contributed by atoms with Gasteiger partial charge in [-0.15, -0.1) is 0 Å². The lowest BCUT2D eigenvalue weighted by molar-refractivity contribution is 0.0962. The number of nitrogens with two attached hydrogens (primary N) is 1. The molecule has 0 unspecified atom stereocenters. The number of hydrazine groups is 1. The van der Waals surface area contributed by atoms with Crippen molar-refractivity contribution in [3.05, 3.63) is 60.9 Å². The second-order valence-electron chi connectivity index (χ2n) is 4.37. The van der Waals surface area contributed by atoms with E-state index in [9.17, 15) is 4.79 Å². The van der Waals surface area contributed by atoms with Gasteiger partial charge in [-0.05, 0) is 12.1 Å². The molecule has 1 amide bonds. The summed E-state index contributed by atoms with van der Waals surface area (Å²) in [6, 6.07) is 8.81. The van der Waals surface area contributed by atoms with Gasteiger partial charge in [-0.1, -0.05) is 18.2 Å². The number of hydrogen-bond donors (Lipinski definition) is 3. The molecule has 0 radical (unpaired) electrons. The highest BCUT2D eigenvalue weighted by Crippen LogP contribution is 2.20. The molecule has 0 bridgehead atoms. The van der Waals surface area contributed by atoms with Crippen molar-refractivity contribution in [2.75, 3.05) is 11.2 Å². The number of imidazole rings is 1. The fourth-order valence-corrected chi connectivity index (χ4v) is 1.85. The standard InChI is InChI=1S/C14H13N7O/c15-11-12(17-8-18-13(11)21-7-6-16-9-21)19-20-14(22)10-4-2-1-3-5-10/h1-9H,15H2,(H,20,22)(H,17,18,19). The largest absolute Gasteiger partial charge is 0.393 e. The summed E-state index contributed by atoms with van der Waals surface area (Å²) in [6.45, 7) is 0. The Bertz CT molecular complexity index is 771. The van der Waals surface area contributed by atoms with Gasteiger partial charge in [0, 0.05) is 18.0 Å². The molecule has 4 N–H and O–H groups in total. The summed E-state index contributed by atoms with van der Waals surface area (Å²) in [5.41, 5.74) is 12.1. The fraction of sp³-hybridized carbons (Fsp3) is 0. The van der Waals surface area contributed by atoms with Crippen molar-refractivity contribution >= 4 is 17.4 Å². The Balaban J connectivity index is 1.76. The van der Waals surface area contributed by atoms with Gasteiger partial charge in [0.15, 0.2) is 11.6 Å². The molecular formula is C14H13N7O. The van der Waals surface area contributed by atoms with Crippen LogP contribution < -0.4 is 16.6 Å². The van der Waals surface area contributed by atoms with Gasteiger partial charge in [0.1, 0.15) is 18.3 Å². The number of carbonyl (C=O) groups is 1. The molecule has 3 aromatic rings. The van der Waals surface area contributed by atoms with Crippen molar-refractivity contribution in [3.8, 4) is 5.82 Å². The van der Waals surface area contributed by atoms with Crippen LogP contribution in [-0.4, -0.2) is 25.4 Å². The molecule has 8 nitrogen and oxygen atoms in total. The zero-order chi connectivity index (χ0) is 15.4. The second kappa shape index (κ2) is 5.92. The lowest BCUT2D eigenvalue weighted by Crippen LogP contribution is -2.30. The Kier molecular flexibility index (Phi) is 3.65. The third-order valence-corrected chi connectivity index (χ3v) is 2.94. The first-order valence-corrected chi connectivity index (χ1v) is 6.46. The molecule has 110 valence electrons. The first-order valence-electron chi connectivity index (χ1n) is 6.46. The number of carbonyl (C=O) groups excluding carboxylic acids is 1. The quantitative estimate of drug-likeness (QED) is 0.619. The molecule has 0 saturated carbocycles. The molecule has 2 heterocycles. The molecule has 0 aliphatic heterocycles. The third kappa shape index (κ3) is 2.70. The summed E-state index contributed by atoms with van der Waals surface area (Å²) in [4.78, 5) is 24.0. The highest BCUT2D eigenvalue weighted by molar-refractivity contribution is 5.95. The van der Waals surface area contributed by atoms with E-state index in [0.29, 0.717) is 22.9 Å². The first-order chi connectivity index (χ1) is 10.8. The zero-order valence-corrected chi connectivity index (χ0v) is 11.5. The molecule has 22 heavy (non-hydrogen) atoms. The van der Waals surface area contributed by atoms with Gasteiger partial charge in [-0.2, -0.15) is 0 Å². The van der Waals surface area contributed by atoms with Gasteiger partial charge in [0.25, 0.3) is 5.91 Å². The number of benzene rings is 1. The van der Waals surface area contributed by atoms with Crippen LogP contribution in [0.3, 0.4) is 0 Å². The maximum absolute atomic E-state index is 12.0. The van der Waals surface area contributed by atoms with E-state index in [1.807, 2.05) is 6.07 Å². The van der Waals surface area contributed by atoms with Crippen LogP contribution in [0, 0.1) is 0 Å². The van der Waals surface area contributed by atoms with Crippen LogP contribution in [0.25, 0.3) is 5.82 Å². The van der Waals surface area contributed by atoms with E-state index in [4.69, 9.17) is 5.73 Å². The molecule has 3 rings (SSSR count). The van der Waals surface area contributed by atoms with Gasteiger partial charge in [0.2, 0.25) is 0 Å². The zero-order valence-electron chi connectivity index (χ0n) is 11.5. The summed E-state index contributed by atoms with van der Waals surface area (Å²) in [6.07, 6.45) is 6.25. The first kappa shape index (κ1) is 13.6. The van der Waals surface area contributed by atoms with Crippen LogP contribution in [0.1, 0.15) is 10.4 Å². The lowest BCUT2D eigenvalue weighted by atomic mass is 10.2. The van der Waals surface area contributed by atoms with Crippen molar-refractivity contribution in [1.82, 2.24) is 24.9 Å². The molecule has 2 aromatic heterocycles. The van der Waals surface area contributed by atoms with Crippen molar-refractivity contribution in [1.29, 1.82) is 0 Å². The van der Waals surface area contributed by atoms with Gasteiger partial charge >= 0.3 is 0 Å². The number of rotatable bonds is 4. The Labute approximate surface area is 126 Å². The van der Waals surface area contributed by atoms with Gasteiger partial charge < -0.3 is 5.73 Å². The number of nitrogens with zero attached hydrogens (tertiary/aromatic N) is 4. The van der Waals surface area contributed by atoms with Gasteiger partial charge in [0.05, 0.1) is 0 Å². The Morgan fingerprint density at radius 1 is 1.18 bits per heavy atom.